The zero-order valence-electron chi connectivity index (χ0n) is 14.4. The quantitative estimate of drug-likeness (QED) is 0.735. The molecule has 0 aromatic heterocycles. The number of nitrogens with zero attached hydrogens (tertiary/aromatic N) is 3. The molecule has 0 spiro atoms. The topological polar surface area (TPSA) is 73.0 Å². The second-order valence-corrected chi connectivity index (χ2v) is 6.64. The summed E-state index contributed by atoms with van der Waals surface area (Å²) in [6.45, 7) is 5.47. The summed E-state index contributed by atoms with van der Waals surface area (Å²) in [7, 11) is 3.62. The molecule has 23 heavy (non-hydrogen) atoms. The van der Waals surface area contributed by atoms with Crippen molar-refractivity contribution in [3.05, 3.63) is 0 Å². The van der Waals surface area contributed by atoms with Crippen LogP contribution in [0, 0.1) is 11.8 Å². The van der Waals surface area contributed by atoms with Gasteiger partial charge in [0.1, 0.15) is 0 Å². The van der Waals surface area contributed by atoms with Crippen molar-refractivity contribution in [1.82, 2.24) is 20.0 Å². The van der Waals surface area contributed by atoms with E-state index in [1.807, 2.05) is 11.9 Å². The van der Waals surface area contributed by atoms with E-state index in [0.29, 0.717) is 32.7 Å². The summed E-state index contributed by atoms with van der Waals surface area (Å²) in [5.74, 6) is -0.0135. The molecular weight excluding hydrogens is 296 g/mol. The molecule has 7 nitrogen and oxygen atoms in total. The zero-order chi connectivity index (χ0) is 17.0. The molecule has 0 radical (unpaired) electrons. The van der Waals surface area contributed by atoms with Gasteiger partial charge in [0.25, 0.3) is 0 Å². The lowest BCUT2D eigenvalue weighted by molar-refractivity contribution is -0.141. The number of carbonyl (C=O) groups excluding carboxylic acids is 3. The Balaban J connectivity index is 1.97. The maximum Gasteiger partial charge on any atom is 0.225 e. The molecule has 0 aromatic carbocycles. The number of nitrogens with one attached hydrogen (secondary N) is 1. The number of likely N-dealkylation sites (tertiary alicyclic amines) is 1. The zero-order valence-corrected chi connectivity index (χ0v) is 14.4. The van der Waals surface area contributed by atoms with Crippen LogP contribution >= 0.6 is 0 Å². The lowest BCUT2D eigenvalue weighted by Gasteiger charge is -2.34. The fraction of sp³-hybridized carbons (Fsp3) is 0.812. The summed E-state index contributed by atoms with van der Waals surface area (Å²) < 4.78 is 0. The van der Waals surface area contributed by atoms with Crippen molar-refractivity contribution in [2.45, 2.75) is 19.8 Å². The standard InChI is InChI=1S/C16H28N4O3/c1-12(21)19-6-4-13(5-7-19)16(23)20-9-8-18(3)10-14(11-20)15(22)17-2/h13-14H,4-11H2,1-3H3,(H,17,22)/t14-/m0/s1. The van der Waals surface area contributed by atoms with Crippen LogP contribution in [0.1, 0.15) is 19.8 Å². The average Bonchev–Trinajstić information content (AvgIpc) is 2.75. The Labute approximate surface area is 138 Å². The van der Waals surface area contributed by atoms with E-state index in [1.54, 1.807) is 18.9 Å². The molecule has 2 rings (SSSR count). The van der Waals surface area contributed by atoms with Gasteiger partial charge in [-0.15, -0.1) is 0 Å². The van der Waals surface area contributed by atoms with Crippen molar-refractivity contribution >= 4 is 17.7 Å². The minimum Gasteiger partial charge on any atom is -0.359 e. The molecule has 7 heteroatoms. The van der Waals surface area contributed by atoms with Crippen LogP contribution in [-0.2, 0) is 14.4 Å². The number of hydrogen-bond acceptors (Lipinski definition) is 4. The molecule has 2 aliphatic heterocycles. The first-order valence-corrected chi connectivity index (χ1v) is 8.36. The number of carbonyl (C=O) groups is 3. The molecule has 2 saturated heterocycles. The van der Waals surface area contributed by atoms with E-state index >= 15 is 0 Å². The van der Waals surface area contributed by atoms with Gasteiger partial charge in [0, 0.05) is 59.2 Å². The van der Waals surface area contributed by atoms with E-state index in [0.717, 1.165) is 19.4 Å². The highest BCUT2D eigenvalue weighted by atomic mass is 16.2. The van der Waals surface area contributed by atoms with Crippen molar-refractivity contribution in [3.8, 4) is 0 Å². The molecule has 1 N–H and O–H groups in total. The number of hydrogen-bond donors (Lipinski definition) is 1. The molecule has 0 aliphatic carbocycles. The Morgan fingerprint density at radius 1 is 0.913 bits per heavy atom. The highest BCUT2D eigenvalue weighted by Crippen LogP contribution is 2.21. The Morgan fingerprint density at radius 3 is 2.13 bits per heavy atom. The Morgan fingerprint density at radius 2 is 1.57 bits per heavy atom. The van der Waals surface area contributed by atoms with Gasteiger partial charge in [-0.3, -0.25) is 14.4 Å². The Kier molecular flexibility index (Phi) is 5.98. The summed E-state index contributed by atoms with van der Waals surface area (Å²) >= 11 is 0. The third kappa shape index (κ3) is 4.43. The fourth-order valence-corrected chi connectivity index (χ4v) is 3.44. The van der Waals surface area contributed by atoms with E-state index in [4.69, 9.17) is 0 Å². The van der Waals surface area contributed by atoms with E-state index < -0.39 is 0 Å². The third-order valence-corrected chi connectivity index (χ3v) is 4.94. The highest BCUT2D eigenvalue weighted by Gasteiger charge is 2.33. The maximum atomic E-state index is 12.8. The van der Waals surface area contributed by atoms with E-state index in [9.17, 15) is 14.4 Å². The van der Waals surface area contributed by atoms with Crippen molar-refractivity contribution in [3.63, 3.8) is 0 Å². The molecule has 1 atom stereocenters. The molecule has 0 bridgehead atoms. The van der Waals surface area contributed by atoms with Gasteiger partial charge in [-0.2, -0.15) is 0 Å². The summed E-state index contributed by atoms with van der Waals surface area (Å²) in [5, 5.41) is 2.69. The van der Waals surface area contributed by atoms with Gasteiger partial charge in [-0.05, 0) is 19.9 Å². The number of likely N-dealkylation sites (N-methyl/N-ethyl adjacent to an activating group) is 1. The predicted molar refractivity (Wildman–Crippen MR) is 86.6 cm³/mol. The minimum absolute atomic E-state index is 0.0112. The first-order valence-electron chi connectivity index (χ1n) is 8.36. The smallest absolute Gasteiger partial charge is 0.225 e. The second-order valence-electron chi connectivity index (χ2n) is 6.64. The van der Waals surface area contributed by atoms with Crippen molar-refractivity contribution in [2.24, 2.45) is 11.8 Å². The molecule has 0 aromatic rings. The SMILES string of the molecule is CNC(=O)[C@H]1CN(C)CCN(C(=O)C2CCN(C(C)=O)CC2)C1. The van der Waals surface area contributed by atoms with Crippen molar-refractivity contribution < 1.29 is 14.4 Å². The van der Waals surface area contributed by atoms with Gasteiger partial charge in [0.15, 0.2) is 0 Å². The fourth-order valence-electron chi connectivity index (χ4n) is 3.44. The number of rotatable bonds is 2. The van der Waals surface area contributed by atoms with Crippen LogP contribution in [0.2, 0.25) is 0 Å². The van der Waals surface area contributed by atoms with Gasteiger partial charge in [-0.25, -0.2) is 0 Å². The van der Waals surface area contributed by atoms with Crippen LogP contribution in [0.15, 0.2) is 0 Å². The molecule has 0 saturated carbocycles. The van der Waals surface area contributed by atoms with Crippen LogP contribution in [0.3, 0.4) is 0 Å². The second kappa shape index (κ2) is 7.77. The molecule has 130 valence electrons. The monoisotopic (exact) mass is 324 g/mol. The maximum absolute atomic E-state index is 12.8. The van der Waals surface area contributed by atoms with Crippen LogP contribution < -0.4 is 5.32 Å². The first-order chi connectivity index (χ1) is 10.9. The van der Waals surface area contributed by atoms with Gasteiger partial charge >= 0.3 is 0 Å². The van der Waals surface area contributed by atoms with Crippen LogP contribution in [0.4, 0.5) is 0 Å². The Hall–Kier alpha value is -1.63. The summed E-state index contributed by atoms with van der Waals surface area (Å²) in [6.07, 6.45) is 1.44. The Bertz CT molecular complexity index is 460. The van der Waals surface area contributed by atoms with Crippen LogP contribution in [0.5, 0.6) is 0 Å². The third-order valence-electron chi connectivity index (χ3n) is 4.94. The van der Waals surface area contributed by atoms with E-state index in [-0.39, 0.29) is 29.6 Å². The van der Waals surface area contributed by atoms with Crippen molar-refractivity contribution in [2.75, 3.05) is 53.4 Å². The largest absolute Gasteiger partial charge is 0.359 e. The molecule has 2 fully saturated rings. The molecule has 2 heterocycles. The van der Waals surface area contributed by atoms with Gasteiger partial charge in [-0.1, -0.05) is 0 Å². The molecule has 3 amide bonds. The lowest BCUT2D eigenvalue weighted by Crippen LogP contribution is -2.46. The van der Waals surface area contributed by atoms with Gasteiger partial charge in [0.2, 0.25) is 17.7 Å². The van der Waals surface area contributed by atoms with Gasteiger partial charge in [0.05, 0.1) is 5.92 Å². The average molecular weight is 324 g/mol. The van der Waals surface area contributed by atoms with Crippen molar-refractivity contribution in [1.29, 1.82) is 0 Å². The summed E-state index contributed by atoms with van der Waals surface area (Å²) in [4.78, 5) is 42.0. The molecular formula is C16H28N4O3. The number of piperidine rings is 1. The molecule has 2 aliphatic rings. The first kappa shape index (κ1) is 17.7. The summed E-state index contributed by atoms with van der Waals surface area (Å²) in [5.41, 5.74) is 0. The molecule has 0 unspecified atom stereocenters. The lowest BCUT2D eigenvalue weighted by atomic mass is 9.94. The van der Waals surface area contributed by atoms with Crippen LogP contribution in [0.25, 0.3) is 0 Å². The van der Waals surface area contributed by atoms with Crippen LogP contribution in [-0.4, -0.2) is 85.8 Å². The van der Waals surface area contributed by atoms with E-state index in [2.05, 4.69) is 10.2 Å². The van der Waals surface area contributed by atoms with Gasteiger partial charge < -0.3 is 20.0 Å². The minimum atomic E-state index is -0.186. The van der Waals surface area contributed by atoms with E-state index in [1.165, 1.54) is 0 Å². The predicted octanol–water partition coefficient (Wildman–Crippen LogP) is -0.619. The normalized spacial score (nSPS) is 24.2. The number of amides is 3. The highest BCUT2D eigenvalue weighted by molar-refractivity contribution is 5.82. The summed E-state index contributed by atoms with van der Waals surface area (Å²) in [6, 6.07) is 0.